The van der Waals surface area contributed by atoms with Crippen LogP contribution < -0.4 is 0 Å². The van der Waals surface area contributed by atoms with Gasteiger partial charge in [0.2, 0.25) is 0 Å². The summed E-state index contributed by atoms with van der Waals surface area (Å²) < 4.78 is 10.8. The predicted molar refractivity (Wildman–Crippen MR) is 64.6 cm³/mol. The molecule has 100 valence electrons. The summed E-state index contributed by atoms with van der Waals surface area (Å²) in [5.74, 6) is -0.919. The standard InChI is InChI=1S/C13H24O4/c1-8-6-7-10(16-8)11(14)9(2)12(15)17-13(3,4)5/h8-11,14H,6-7H2,1-5H3. The topological polar surface area (TPSA) is 55.8 Å². The maximum absolute atomic E-state index is 11.8. The van der Waals surface area contributed by atoms with E-state index in [2.05, 4.69) is 0 Å². The van der Waals surface area contributed by atoms with E-state index in [9.17, 15) is 9.90 Å². The first kappa shape index (κ1) is 14.5. The molecule has 0 aliphatic carbocycles. The molecular formula is C13H24O4. The monoisotopic (exact) mass is 244 g/mol. The summed E-state index contributed by atoms with van der Waals surface area (Å²) in [6.07, 6.45) is 0.876. The molecule has 1 rings (SSSR count). The first-order valence-electron chi connectivity index (χ1n) is 6.27. The van der Waals surface area contributed by atoms with Gasteiger partial charge in [-0.3, -0.25) is 4.79 Å². The fourth-order valence-corrected chi connectivity index (χ4v) is 1.94. The Morgan fingerprint density at radius 2 is 2.00 bits per heavy atom. The molecule has 1 N–H and O–H groups in total. The minimum atomic E-state index is -0.783. The van der Waals surface area contributed by atoms with E-state index in [4.69, 9.17) is 9.47 Å². The number of hydrogen-bond donors (Lipinski definition) is 1. The van der Waals surface area contributed by atoms with Gasteiger partial charge in [-0.1, -0.05) is 0 Å². The highest BCUT2D eigenvalue weighted by Crippen LogP contribution is 2.26. The molecule has 4 nitrogen and oxygen atoms in total. The maximum atomic E-state index is 11.8. The summed E-state index contributed by atoms with van der Waals surface area (Å²) in [7, 11) is 0. The minimum Gasteiger partial charge on any atom is -0.460 e. The van der Waals surface area contributed by atoms with E-state index < -0.39 is 17.6 Å². The fourth-order valence-electron chi connectivity index (χ4n) is 1.94. The van der Waals surface area contributed by atoms with E-state index in [-0.39, 0.29) is 18.2 Å². The smallest absolute Gasteiger partial charge is 0.311 e. The van der Waals surface area contributed by atoms with E-state index in [1.165, 1.54) is 0 Å². The van der Waals surface area contributed by atoms with Crippen molar-refractivity contribution in [3.63, 3.8) is 0 Å². The zero-order valence-electron chi connectivity index (χ0n) is 11.4. The molecule has 1 fully saturated rings. The van der Waals surface area contributed by atoms with Gasteiger partial charge in [0.25, 0.3) is 0 Å². The predicted octanol–water partition coefficient (Wildman–Crippen LogP) is 1.89. The molecule has 1 aliphatic rings. The lowest BCUT2D eigenvalue weighted by molar-refractivity contribution is -0.167. The number of carbonyl (C=O) groups excluding carboxylic acids is 1. The van der Waals surface area contributed by atoms with E-state index >= 15 is 0 Å². The van der Waals surface area contributed by atoms with Gasteiger partial charge in [0.1, 0.15) is 5.60 Å². The molecule has 0 radical (unpaired) electrons. The van der Waals surface area contributed by atoms with Crippen LogP contribution in [0.25, 0.3) is 0 Å². The van der Waals surface area contributed by atoms with E-state index in [1.807, 2.05) is 27.7 Å². The first-order chi connectivity index (χ1) is 7.70. The van der Waals surface area contributed by atoms with Crippen molar-refractivity contribution in [3.8, 4) is 0 Å². The summed E-state index contributed by atoms with van der Waals surface area (Å²) in [4.78, 5) is 11.8. The van der Waals surface area contributed by atoms with E-state index in [1.54, 1.807) is 6.92 Å². The Bertz CT molecular complexity index is 269. The average Bonchev–Trinajstić information content (AvgIpc) is 2.60. The van der Waals surface area contributed by atoms with Crippen LogP contribution in [0, 0.1) is 5.92 Å². The van der Waals surface area contributed by atoms with Crippen LogP contribution in [0.15, 0.2) is 0 Å². The molecule has 0 spiro atoms. The SMILES string of the molecule is CC1CCC(C(O)C(C)C(=O)OC(C)(C)C)O1. The zero-order chi connectivity index (χ0) is 13.2. The van der Waals surface area contributed by atoms with E-state index in [0.29, 0.717) is 0 Å². The quantitative estimate of drug-likeness (QED) is 0.770. The van der Waals surface area contributed by atoms with Crippen LogP contribution in [0.2, 0.25) is 0 Å². The molecular weight excluding hydrogens is 220 g/mol. The third-order valence-electron chi connectivity index (χ3n) is 2.94. The van der Waals surface area contributed by atoms with Gasteiger partial charge < -0.3 is 14.6 Å². The molecule has 0 saturated carbocycles. The third kappa shape index (κ3) is 4.28. The van der Waals surface area contributed by atoms with Crippen LogP contribution in [-0.4, -0.2) is 35.0 Å². The van der Waals surface area contributed by atoms with Gasteiger partial charge in [-0.15, -0.1) is 0 Å². The second-order valence-corrected chi connectivity index (χ2v) is 5.88. The van der Waals surface area contributed by atoms with Crippen LogP contribution in [-0.2, 0) is 14.3 Å². The molecule has 17 heavy (non-hydrogen) atoms. The molecule has 0 aromatic heterocycles. The van der Waals surface area contributed by atoms with Crippen molar-refractivity contribution in [2.45, 2.75) is 71.4 Å². The van der Waals surface area contributed by atoms with Crippen molar-refractivity contribution >= 4 is 5.97 Å². The van der Waals surface area contributed by atoms with Crippen LogP contribution in [0.4, 0.5) is 0 Å². The molecule has 4 unspecified atom stereocenters. The van der Waals surface area contributed by atoms with E-state index in [0.717, 1.165) is 12.8 Å². The van der Waals surface area contributed by atoms with Crippen molar-refractivity contribution in [3.05, 3.63) is 0 Å². The molecule has 1 saturated heterocycles. The van der Waals surface area contributed by atoms with Crippen molar-refractivity contribution in [2.24, 2.45) is 5.92 Å². The van der Waals surface area contributed by atoms with Crippen LogP contribution >= 0.6 is 0 Å². The molecule has 0 aromatic rings. The lowest BCUT2D eigenvalue weighted by atomic mass is 9.97. The van der Waals surface area contributed by atoms with Gasteiger partial charge in [-0.05, 0) is 47.5 Å². The highest BCUT2D eigenvalue weighted by molar-refractivity contribution is 5.73. The van der Waals surface area contributed by atoms with Crippen LogP contribution in [0.1, 0.15) is 47.5 Å². The number of aliphatic hydroxyl groups excluding tert-OH is 1. The average molecular weight is 244 g/mol. The summed E-state index contributed by atoms with van der Waals surface area (Å²) in [6, 6.07) is 0. The maximum Gasteiger partial charge on any atom is 0.311 e. The van der Waals surface area contributed by atoms with Crippen LogP contribution in [0.3, 0.4) is 0 Å². The number of hydrogen-bond acceptors (Lipinski definition) is 4. The second-order valence-electron chi connectivity index (χ2n) is 5.88. The van der Waals surface area contributed by atoms with Gasteiger partial charge in [0, 0.05) is 0 Å². The lowest BCUT2D eigenvalue weighted by Crippen LogP contribution is -2.39. The van der Waals surface area contributed by atoms with Crippen molar-refractivity contribution in [1.29, 1.82) is 0 Å². The van der Waals surface area contributed by atoms with Gasteiger partial charge in [0.05, 0.1) is 24.2 Å². The zero-order valence-corrected chi connectivity index (χ0v) is 11.4. The Hall–Kier alpha value is -0.610. The largest absolute Gasteiger partial charge is 0.460 e. The third-order valence-corrected chi connectivity index (χ3v) is 2.94. The van der Waals surface area contributed by atoms with Gasteiger partial charge in [-0.25, -0.2) is 0 Å². The molecule has 4 heteroatoms. The Labute approximate surface area is 103 Å². The molecule has 0 amide bonds. The van der Waals surface area contributed by atoms with Gasteiger partial charge in [-0.2, -0.15) is 0 Å². The summed E-state index contributed by atoms with van der Waals surface area (Å²) in [6.45, 7) is 9.12. The number of carbonyl (C=O) groups is 1. The summed E-state index contributed by atoms with van der Waals surface area (Å²) in [5, 5.41) is 10.1. The highest BCUT2D eigenvalue weighted by Gasteiger charge is 2.36. The lowest BCUT2D eigenvalue weighted by Gasteiger charge is -2.27. The highest BCUT2D eigenvalue weighted by atomic mass is 16.6. The fraction of sp³-hybridized carbons (Fsp3) is 0.923. The van der Waals surface area contributed by atoms with Crippen molar-refractivity contribution in [2.75, 3.05) is 0 Å². The van der Waals surface area contributed by atoms with Gasteiger partial charge >= 0.3 is 5.97 Å². The second kappa shape index (κ2) is 5.36. The Morgan fingerprint density at radius 1 is 1.41 bits per heavy atom. The van der Waals surface area contributed by atoms with Crippen molar-refractivity contribution in [1.82, 2.24) is 0 Å². The molecule has 1 heterocycles. The molecule has 1 aliphatic heterocycles. The normalized spacial score (nSPS) is 28.8. The first-order valence-corrected chi connectivity index (χ1v) is 6.27. The Kier molecular flexibility index (Phi) is 4.55. The molecule has 4 atom stereocenters. The molecule has 0 aromatic carbocycles. The number of esters is 1. The van der Waals surface area contributed by atoms with Gasteiger partial charge in [0.15, 0.2) is 0 Å². The Morgan fingerprint density at radius 3 is 2.41 bits per heavy atom. The minimum absolute atomic E-state index is 0.167. The summed E-state index contributed by atoms with van der Waals surface area (Å²) in [5.41, 5.74) is -0.519. The molecule has 0 bridgehead atoms. The number of rotatable bonds is 3. The summed E-state index contributed by atoms with van der Waals surface area (Å²) >= 11 is 0. The number of ether oxygens (including phenoxy) is 2. The number of aliphatic hydroxyl groups is 1. The van der Waals surface area contributed by atoms with Crippen molar-refractivity contribution < 1.29 is 19.4 Å². The Balaban J connectivity index is 2.51. The van der Waals surface area contributed by atoms with Crippen LogP contribution in [0.5, 0.6) is 0 Å².